The van der Waals surface area contributed by atoms with Crippen LogP contribution in [0.25, 0.3) is 0 Å². The first-order chi connectivity index (χ1) is 11.2. The Labute approximate surface area is 139 Å². The molecule has 0 aromatic carbocycles. The number of hydrogen-bond acceptors (Lipinski definition) is 6. The Morgan fingerprint density at radius 3 is 2.74 bits per heavy atom. The van der Waals surface area contributed by atoms with Gasteiger partial charge >= 0.3 is 0 Å². The maximum absolute atomic E-state index is 12.4. The topological polar surface area (TPSA) is 73.1 Å². The second-order valence-corrected chi connectivity index (χ2v) is 6.46. The molecule has 1 fully saturated rings. The molecule has 0 saturated carbocycles. The van der Waals surface area contributed by atoms with Gasteiger partial charge in [-0.2, -0.15) is 5.26 Å². The highest BCUT2D eigenvalue weighted by molar-refractivity contribution is 7.14. The Balaban J connectivity index is 1.60. The predicted octanol–water partition coefficient (Wildman–Crippen LogP) is 1.93. The average Bonchev–Trinajstić information content (AvgIpc) is 3.10. The molecule has 3 rings (SSSR count). The molecular formula is C16H17N5OS. The number of carbonyl (C=O) groups is 1. The third kappa shape index (κ3) is 3.38. The number of pyridine rings is 1. The number of nitrogens with zero attached hydrogens (tertiary/aromatic N) is 5. The van der Waals surface area contributed by atoms with Gasteiger partial charge in [-0.15, -0.1) is 0 Å². The Morgan fingerprint density at radius 1 is 1.35 bits per heavy atom. The minimum absolute atomic E-state index is 0.0299. The van der Waals surface area contributed by atoms with E-state index < -0.39 is 0 Å². The van der Waals surface area contributed by atoms with Crippen LogP contribution in [0.2, 0.25) is 0 Å². The summed E-state index contributed by atoms with van der Waals surface area (Å²) in [6.07, 6.45) is 5.16. The largest absolute Gasteiger partial charge is 0.335 e. The van der Waals surface area contributed by atoms with E-state index in [4.69, 9.17) is 5.26 Å². The van der Waals surface area contributed by atoms with Crippen LogP contribution in [0.4, 0.5) is 0 Å². The molecule has 118 valence electrons. The summed E-state index contributed by atoms with van der Waals surface area (Å²) in [4.78, 5) is 25.3. The van der Waals surface area contributed by atoms with Gasteiger partial charge in [-0.05, 0) is 18.6 Å². The lowest BCUT2D eigenvalue weighted by molar-refractivity contribution is 0.0586. The summed E-state index contributed by atoms with van der Waals surface area (Å²) in [5.74, 6) is -0.0299. The first kappa shape index (κ1) is 15.6. The lowest BCUT2D eigenvalue weighted by Crippen LogP contribution is -2.49. The van der Waals surface area contributed by atoms with Crippen molar-refractivity contribution in [2.75, 3.05) is 26.2 Å². The third-order valence-corrected chi connectivity index (χ3v) is 5.02. The monoisotopic (exact) mass is 327 g/mol. The van der Waals surface area contributed by atoms with Crippen molar-refractivity contribution < 1.29 is 4.79 Å². The molecule has 0 radical (unpaired) electrons. The number of hydrogen-bond donors (Lipinski definition) is 0. The lowest BCUT2D eigenvalue weighted by Gasteiger charge is -2.37. The van der Waals surface area contributed by atoms with Crippen molar-refractivity contribution in [3.05, 3.63) is 46.2 Å². The molecule has 1 amide bonds. The van der Waals surface area contributed by atoms with Crippen LogP contribution in [0.5, 0.6) is 0 Å². The number of rotatable bonds is 3. The number of carbonyl (C=O) groups excluding carboxylic acids is 1. The molecule has 0 aliphatic carbocycles. The fourth-order valence-corrected chi connectivity index (χ4v) is 3.41. The van der Waals surface area contributed by atoms with Crippen molar-refractivity contribution in [1.29, 1.82) is 5.26 Å². The second-order valence-electron chi connectivity index (χ2n) is 5.43. The van der Waals surface area contributed by atoms with Gasteiger partial charge in [0.1, 0.15) is 10.9 Å². The summed E-state index contributed by atoms with van der Waals surface area (Å²) in [7, 11) is 0. The Bertz CT molecular complexity index is 716. The molecule has 23 heavy (non-hydrogen) atoms. The van der Waals surface area contributed by atoms with Crippen molar-refractivity contribution in [3.8, 4) is 6.07 Å². The first-order valence-corrected chi connectivity index (χ1v) is 8.30. The van der Waals surface area contributed by atoms with E-state index in [1.165, 1.54) is 11.8 Å². The van der Waals surface area contributed by atoms with Gasteiger partial charge in [0.15, 0.2) is 5.01 Å². The summed E-state index contributed by atoms with van der Waals surface area (Å²) in [6.45, 7) is 5.18. The smallest absolute Gasteiger partial charge is 0.265 e. The number of piperazine rings is 1. The molecule has 2 aromatic rings. The quantitative estimate of drug-likeness (QED) is 0.861. The fourth-order valence-electron chi connectivity index (χ4n) is 2.73. The summed E-state index contributed by atoms with van der Waals surface area (Å²) >= 11 is 1.15. The zero-order chi connectivity index (χ0) is 16.2. The van der Waals surface area contributed by atoms with E-state index in [0.29, 0.717) is 23.0 Å². The molecule has 3 heterocycles. The molecule has 6 nitrogen and oxygen atoms in total. The molecule has 1 aliphatic heterocycles. The highest BCUT2D eigenvalue weighted by Gasteiger charge is 2.26. The molecule has 0 N–H and O–H groups in total. The van der Waals surface area contributed by atoms with E-state index in [1.807, 2.05) is 23.2 Å². The van der Waals surface area contributed by atoms with Gasteiger partial charge in [-0.25, -0.2) is 4.98 Å². The molecule has 0 bridgehead atoms. The fraction of sp³-hybridized carbons (Fsp3) is 0.375. The molecule has 1 atom stereocenters. The second kappa shape index (κ2) is 6.86. The molecular weight excluding hydrogens is 310 g/mol. The van der Waals surface area contributed by atoms with Crippen LogP contribution in [0, 0.1) is 11.3 Å². The van der Waals surface area contributed by atoms with Gasteiger partial charge in [0, 0.05) is 44.6 Å². The molecule has 1 saturated heterocycles. The first-order valence-electron chi connectivity index (χ1n) is 7.48. The Kier molecular flexibility index (Phi) is 4.65. The summed E-state index contributed by atoms with van der Waals surface area (Å²) in [5, 5.41) is 9.14. The summed E-state index contributed by atoms with van der Waals surface area (Å²) in [5.41, 5.74) is 1.19. The SMILES string of the molecule is C[C@@H](c1cccnc1)N1CCN(C(=O)c2cnc(C#N)s2)CC1. The molecule has 0 unspecified atom stereocenters. The Morgan fingerprint density at radius 2 is 2.13 bits per heavy atom. The minimum Gasteiger partial charge on any atom is -0.335 e. The molecule has 0 spiro atoms. The van der Waals surface area contributed by atoms with E-state index in [0.717, 1.165) is 24.4 Å². The van der Waals surface area contributed by atoms with Crippen molar-refractivity contribution in [1.82, 2.24) is 19.8 Å². The zero-order valence-electron chi connectivity index (χ0n) is 12.8. The van der Waals surface area contributed by atoms with Crippen LogP contribution in [0.1, 0.15) is 33.2 Å². The van der Waals surface area contributed by atoms with Crippen molar-refractivity contribution >= 4 is 17.2 Å². The van der Waals surface area contributed by atoms with Gasteiger partial charge in [0.2, 0.25) is 0 Å². The van der Waals surface area contributed by atoms with Gasteiger partial charge < -0.3 is 4.90 Å². The van der Waals surface area contributed by atoms with Gasteiger partial charge in [-0.3, -0.25) is 14.7 Å². The standard InChI is InChI=1S/C16H17N5OS/c1-12(13-3-2-4-18-10-13)20-5-7-21(8-6-20)16(22)14-11-19-15(9-17)23-14/h2-4,10-12H,5-8H2,1H3/t12-/m0/s1. The van der Waals surface area contributed by atoms with Gasteiger partial charge in [0.05, 0.1) is 6.20 Å². The van der Waals surface area contributed by atoms with Crippen LogP contribution in [0.3, 0.4) is 0 Å². The molecule has 2 aromatic heterocycles. The maximum Gasteiger partial charge on any atom is 0.265 e. The highest BCUT2D eigenvalue weighted by Crippen LogP contribution is 2.22. The van der Waals surface area contributed by atoms with Crippen molar-refractivity contribution in [2.24, 2.45) is 0 Å². The number of aromatic nitrogens is 2. The predicted molar refractivity (Wildman–Crippen MR) is 87.0 cm³/mol. The van der Waals surface area contributed by atoms with Crippen LogP contribution in [0.15, 0.2) is 30.7 Å². The van der Waals surface area contributed by atoms with E-state index in [2.05, 4.69) is 27.9 Å². The zero-order valence-corrected chi connectivity index (χ0v) is 13.7. The minimum atomic E-state index is -0.0299. The third-order valence-electron chi connectivity index (χ3n) is 4.13. The number of amides is 1. The van der Waals surface area contributed by atoms with Crippen molar-refractivity contribution in [3.63, 3.8) is 0 Å². The van der Waals surface area contributed by atoms with Crippen LogP contribution in [-0.4, -0.2) is 51.9 Å². The molecule has 7 heteroatoms. The maximum atomic E-state index is 12.4. The van der Waals surface area contributed by atoms with Crippen LogP contribution in [-0.2, 0) is 0 Å². The van der Waals surface area contributed by atoms with Gasteiger partial charge in [-0.1, -0.05) is 17.4 Å². The normalized spacial score (nSPS) is 16.8. The van der Waals surface area contributed by atoms with Crippen LogP contribution < -0.4 is 0 Å². The number of nitriles is 1. The van der Waals surface area contributed by atoms with E-state index in [1.54, 1.807) is 6.20 Å². The summed E-state index contributed by atoms with van der Waals surface area (Å²) in [6, 6.07) is 6.28. The highest BCUT2D eigenvalue weighted by atomic mass is 32.1. The van der Waals surface area contributed by atoms with Crippen molar-refractivity contribution in [2.45, 2.75) is 13.0 Å². The number of thiazole rings is 1. The summed E-state index contributed by atoms with van der Waals surface area (Å²) < 4.78 is 0. The Hall–Kier alpha value is -2.30. The van der Waals surface area contributed by atoms with Gasteiger partial charge in [0.25, 0.3) is 5.91 Å². The van der Waals surface area contributed by atoms with E-state index in [-0.39, 0.29) is 11.9 Å². The van der Waals surface area contributed by atoms with E-state index in [9.17, 15) is 4.79 Å². The van der Waals surface area contributed by atoms with Crippen LogP contribution >= 0.6 is 11.3 Å². The van der Waals surface area contributed by atoms with E-state index >= 15 is 0 Å². The lowest BCUT2D eigenvalue weighted by atomic mass is 10.1. The average molecular weight is 327 g/mol. The molecule has 1 aliphatic rings.